The average molecular weight is 554 g/mol. The van der Waals surface area contributed by atoms with Crippen molar-refractivity contribution in [3.8, 4) is 0 Å². The molecular formula is C33H39N5O3. The molecule has 3 aromatic carbocycles. The van der Waals surface area contributed by atoms with Gasteiger partial charge in [-0.05, 0) is 61.8 Å². The van der Waals surface area contributed by atoms with Crippen molar-refractivity contribution in [2.45, 2.75) is 43.9 Å². The van der Waals surface area contributed by atoms with Crippen LogP contribution in [0.5, 0.6) is 0 Å². The van der Waals surface area contributed by atoms with E-state index in [0.29, 0.717) is 31.6 Å². The fourth-order valence-electron chi connectivity index (χ4n) is 5.74. The van der Waals surface area contributed by atoms with Crippen molar-refractivity contribution in [3.05, 3.63) is 102 Å². The third-order valence-electron chi connectivity index (χ3n) is 8.06. The molecule has 3 amide bonds. The van der Waals surface area contributed by atoms with Gasteiger partial charge in [0.05, 0.1) is 5.60 Å². The Bertz CT molecular complexity index is 1490. The van der Waals surface area contributed by atoms with Gasteiger partial charge in [-0.2, -0.15) is 0 Å². The number of hydrogen-bond donors (Lipinski definition) is 4. The number of aromatic amines is 1. The first-order valence-electron chi connectivity index (χ1n) is 14.2. The highest BCUT2D eigenvalue weighted by Gasteiger charge is 2.37. The second-order valence-electron chi connectivity index (χ2n) is 11.3. The second kappa shape index (κ2) is 12.2. The van der Waals surface area contributed by atoms with Crippen LogP contribution in [0.25, 0.3) is 10.9 Å². The van der Waals surface area contributed by atoms with Crippen LogP contribution in [0.15, 0.2) is 85.1 Å². The molecule has 8 heteroatoms. The molecule has 0 spiro atoms. The summed E-state index contributed by atoms with van der Waals surface area (Å²) in [4.78, 5) is 34.4. The monoisotopic (exact) mass is 553 g/mol. The molecule has 0 saturated carbocycles. The smallest absolute Gasteiger partial charge is 0.318 e. The van der Waals surface area contributed by atoms with Crippen LogP contribution in [0.2, 0.25) is 0 Å². The third-order valence-corrected chi connectivity index (χ3v) is 8.06. The van der Waals surface area contributed by atoms with Crippen molar-refractivity contribution < 1.29 is 14.7 Å². The van der Waals surface area contributed by atoms with Crippen molar-refractivity contribution in [2.75, 3.05) is 32.5 Å². The molecule has 2 atom stereocenters. The molecule has 0 unspecified atom stereocenters. The molecule has 1 fully saturated rings. The second-order valence-corrected chi connectivity index (χ2v) is 11.3. The Morgan fingerprint density at radius 3 is 2.44 bits per heavy atom. The van der Waals surface area contributed by atoms with Gasteiger partial charge in [-0.15, -0.1) is 0 Å². The van der Waals surface area contributed by atoms with Gasteiger partial charge < -0.3 is 30.5 Å². The van der Waals surface area contributed by atoms with Crippen LogP contribution in [0.3, 0.4) is 0 Å². The summed E-state index contributed by atoms with van der Waals surface area (Å²) in [7, 11) is 4.00. The zero-order chi connectivity index (χ0) is 29.0. The van der Waals surface area contributed by atoms with E-state index in [9.17, 15) is 14.7 Å². The Morgan fingerprint density at radius 2 is 1.71 bits per heavy atom. The standard InChI is InChI=1S/C33H39N5O3/c1-23(28-21-34-29-15-8-7-14-27(28)29)30(31(39)35-26-13-9-10-24(20-26)22-37(2)3)36-32(40)38-18-16-33(41,17-19-38)25-11-5-4-6-12-25/h4-15,20-21,23,30,34,41H,16-19,22H2,1-3H3,(H,35,39)(H,36,40)/t23-,30+/m0/s1. The lowest BCUT2D eigenvalue weighted by Gasteiger charge is -2.39. The summed E-state index contributed by atoms with van der Waals surface area (Å²) in [6.07, 6.45) is 2.77. The third kappa shape index (κ3) is 6.45. The van der Waals surface area contributed by atoms with E-state index in [0.717, 1.165) is 34.1 Å². The number of nitrogens with zero attached hydrogens (tertiary/aromatic N) is 2. The van der Waals surface area contributed by atoms with Crippen molar-refractivity contribution in [3.63, 3.8) is 0 Å². The van der Waals surface area contributed by atoms with Gasteiger partial charge in [0.1, 0.15) is 6.04 Å². The minimum Gasteiger partial charge on any atom is -0.385 e. The quantitative estimate of drug-likeness (QED) is 0.246. The van der Waals surface area contributed by atoms with Gasteiger partial charge in [-0.25, -0.2) is 4.79 Å². The SMILES string of the molecule is C[C@@H](c1c[nH]c2ccccc12)[C@@H](NC(=O)N1CCC(O)(c2ccccc2)CC1)C(=O)Nc1cccc(CN(C)C)c1. The zero-order valence-corrected chi connectivity index (χ0v) is 23.9. The molecule has 41 heavy (non-hydrogen) atoms. The highest BCUT2D eigenvalue weighted by atomic mass is 16.3. The summed E-state index contributed by atoms with van der Waals surface area (Å²) in [5.74, 6) is -0.595. The molecule has 0 bridgehead atoms. The van der Waals surface area contributed by atoms with Crippen LogP contribution in [0, 0.1) is 0 Å². The molecule has 1 saturated heterocycles. The summed E-state index contributed by atoms with van der Waals surface area (Å²) >= 11 is 0. The number of fused-ring (bicyclic) bond motifs is 1. The molecule has 8 nitrogen and oxygen atoms in total. The Labute approximate surface area is 241 Å². The fourth-order valence-corrected chi connectivity index (χ4v) is 5.74. The maximum atomic E-state index is 13.8. The van der Waals surface area contributed by atoms with Gasteiger partial charge in [-0.3, -0.25) is 4.79 Å². The Kier molecular flexibility index (Phi) is 8.42. The summed E-state index contributed by atoms with van der Waals surface area (Å²) in [6.45, 7) is 3.49. The van der Waals surface area contributed by atoms with Crippen LogP contribution in [-0.4, -0.2) is 65.1 Å². The number of piperidine rings is 1. The molecule has 1 aliphatic rings. The molecule has 5 rings (SSSR count). The van der Waals surface area contributed by atoms with Crippen LogP contribution in [-0.2, 0) is 16.9 Å². The molecule has 4 N–H and O–H groups in total. The maximum absolute atomic E-state index is 13.8. The van der Waals surface area contributed by atoms with Crippen LogP contribution < -0.4 is 10.6 Å². The van der Waals surface area contributed by atoms with E-state index in [4.69, 9.17) is 0 Å². The van der Waals surface area contributed by atoms with E-state index in [1.54, 1.807) is 4.90 Å². The Balaban J connectivity index is 1.35. The molecule has 1 aliphatic heterocycles. The number of rotatable bonds is 8. The largest absolute Gasteiger partial charge is 0.385 e. The number of carbonyl (C=O) groups is 2. The number of aromatic nitrogens is 1. The minimum absolute atomic E-state index is 0.282. The topological polar surface area (TPSA) is 101 Å². The van der Waals surface area contributed by atoms with Crippen LogP contribution in [0.4, 0.5) is 10.5 Å². The van der Waals surface area contributed by atoms with E-state index in [2.05, 4.69) is 20.5 Å². The summed E-state index contributed by atoms with van der Waals surface area (Å²) < 4.78 is 0. The number of anilines is 1. The van der Waals surface area contributed by atoms with Gasteiger partial charge in [-0.1, -0.05) is 67.6 Å². The van der Waals surface area contributed by atoms with Crippen LogP contribution in [0.1, 0.15) is 42.4 Å². The zero-order valence-electron chi connectivity index (χ0n) is 23.9. The number of carbonyl (C=O) groups excluding carboxylic acids is 2. The average Bonchev–Trinajstić information content (AvgIpc) is 3.40. The Hall–Kier alpha value is -4.14. The number of urea groups is 1. The number of benzene rings is 3. The minimum atomic E-state index is -0.969. The van der Waals surface area contributed by atoms with Gasteiger partial charge >= 0.3 is 6.03 Å². The molecular weight excluding hydrogens is 514 g/mol. The molecule has 2 heterocycles. The van der Waals surface area contributed by atoms with Gasteiger partial charge in [0.25, 0.3) is 0 Å². The fraction of sp³-hybridized carbons (Fsp3) is 0.333. The first-order chi connectivity index (χ1) is 19.7. The molecule has 214 valence electrons. The van der Waals surface area contributed by atoms with Crippen molar-refractivity contribution >= 4 is 28.5 Å². The summed E-state index contributed by atoms with van der Waals surface area (Å²) in [6, 6.07) is 24.2. The van der Waals surface area contributed by atoms with E-state index >= 15 is 0 Å². The molecule has 1 aromatic heterocycles. The van der Waals surface area contributed by atoms with E-state index in [-0.39, 0.29) is 17.9 Å². The number of aliphatic hydroxyl groups is 1. The Morgan fingerprint density at radius 1 is 1.00 bits per heavy atom. The number of amides is 3. The summed E-state index contributed by atoms with van der Waals surface area (Å²) in [5, 5.41) is 18.4. The van der Waals surface area contributed by atoms with E-state index in [1.165, 1.54) is 0 Å². The molecule has 4 aromatic rings. The normalized spacial score (nSPS) is 16.4. The lowest BCUT2D eigenvalue weighted by molar-refractivity contribution is -0.118. The number of nitrogens with one attached hydrogen (secondary N) is 3. The molecule has 0 aliphatic carbocycles. The lowest BCUT2D eigenvalue weighted by atomic mass is 9.84. The predicted molar refractivity (Wildman–Crippen MR) is 163 cm³/mol. The summed E-state index contributed by atoms with van der Waals surface area (Å²) in [5.41, 5.74) is 3.60. The number of hydrogen-bond acceptors (Lipinski definition) is 4. The molecule has 0 radical (unpaired) electrons. The van der Waals surface area contributed by atoms with E-state index in [1.807, 2.05) is 106 Å². The lowest BCUT2D eigenvalue weighted by Crippen LogP contribution is -2.54. The number of likely N-dealkylation sites (tertiary alicyclic amines) is 1. The van der Waals surface area contributed by atoms with Crippen LogP contribution >= 0.6 is 0 Å². The predicted octanol–water partition coefficient (Wildman–Crippen LogP) is 5.03. The highest BCUT2D eigenvalue weighted by molar-refractivity contribution is 5.98. The van der Waals surface area contributed by atoms with Crippen molar-refractivity contribution in [2.24, 2.45) is 0 Å². The number of H-pyrrole nitrogens is 1. The highest BCUT2D eigenvalue weighted by Crippen LogP contribution is 2.33. The maximum Gasteiger partial charge on any atom is 0.318 e. The van der Waals surface area contributed by atoms with E-state index < -0.39 is 11.6 Å². The first kappa shape index (κ1) is 28.4. The van der Waals surface area contributed by atoms with Crippen molar-refractivity contribution in [1.82, 2.24) is 20.1 Å². The number of para-hydroxylation sites is 1. The van der Waals surface area contributed by atoms with Gasteiger partial charge in [0.2, 0.25) is 5.91 Å². The first-order valence-corrected chi connectivity index (χ1v) is 14.2. The van der Waals surface area contributed by atoms with Gasteiger partial charge in [0.15, 0.2) is 0 Å². The van der Waals surface area contributed by atoms with Crippen molar-refractivity contribution in [1.29, 1.82) is 0 Å². The van der Waals surface area contributed by atoms with Gasteiger partial charge in [0, 0.05) is 48.3 Å².